The first-order valence-corrected chi connectivity index (χ1v) is 8.03. The minimum Gasteiger partial charge on any atom is -0.482 e. The van der Waals surface area contributed by atoms with Crippen LogP contribution in [0.25, 0.3) is 0 Å². The zero-order chi connectivity index (χ0) is 16.9. The molecule has 2 aromatic rings. The van der Waals surface area contributed by atoms with Crippen molar-refractivity contribution in [3.8, 4) is 5.75 Å². The van der Waals surface area contributed by atoms with E-state index in [0.717, 1.165) is 12.8 Å². The highest BCUT2D eigenvalue weighted by molar-refractivity contribution is 5.99. The normalized spacial score (nSPS) is 14.1. The molecule has 24 heavy (non-hydrogen) atoms. The summed E-state index contributed by atoms with van der Waals surface area (Å²) in [6.45, 7) is 2.00. The molecular weight excluding hydrogens is 304 g/mol. The van der Waals surface area contributed by atoms with Gasteiger partial charge < -0.3 is 15.4 Å². The third-order valence-corrected chi connectivity index (χ3v) is 3.96. The van der Waals surface area contributed by atoms with E-state index in [2.05, 4.69) is 22.8 Å². The Morgan fingerprint density at radius 1 is 1.25 bits per heavy atom. The number of hydrogen-bond acceptors (Lipinski definition) is 3. The highest BCUT2D eigenvalue weighted by Gasteiger charge is 2.18. The summed E-state index contributed by atoms with van der Waals surface area (Å²) in [5, 5.41) is 5.70. The maximum atomic E-state index is 12.4. The maximum Gasteiger partial charge on any atom is 0.262 e. The van der Waals surface area contributed by atoms with Gasteiger partial charge in [-0.2, -0.15) is 0 Å². The van der Waals surface area contributed by atoms with Crippen molar-refractivity contribution in [3.05, 3.63) is 59.7 Å². The predicted molar refractivity (Wildman–Crippen MR) is 92.3 cm³/mol. The van der Waals surface area contributed by atoms with Crippen LogP contribution in [-0.2, 0) is 11.2 Å². The number of anilines is 1. The Bertz CT molecular complexity index is 744. The van der Waals surface area contributed by atoms with Crippen LogP contribution in [0.4, 0.5) is 5.69 Å². The quantitative estimate of drug-likeness (QED) is 0.889. The molecule has 5 heteroatoms. The van der Waals surface area contributed by atoms with Gasteiger partial charge in [0.1, 0.15) is 5.75 Å². The topological polar surface area (TPSA) is 67.4 Å². The summed E-state index contributed by atoms with van der Waals surface area (Å²) >= 11 is 0. The number of rotatable bonds is 5. The number of hydrogen-bond donors (Lipinski definition) is 2. The van der Waals surface area contributed by atoms with E-state index in [4.69, 9.17) is 4.74 Å². The Morgan fingerprint density at radius 2 is 2.04 bits per heavy atom. The third-order valence-electron chi connectivity index (χ3n) is 3.96. The van der Waals surface area contributed by atoms with Gasteiger partial charge >= 0.3 is 0 Å². The van der Waals surface area contributed by atoms with Crippen LogP contribution in [0.2, 0.25) is 0 Å². The van der Waals surface area contributed by atoms with E-state index in [9.17, 15) is 9.59 Å². The molecule has 0 aromatic heterocycles. The molecule has 2 N–H and O–H groups in total. The molecule has 3 rings (SSSR count). The lowest BCUT2D eigenvalue weighted by molar-refractivity contribution is -0.118. The van der Waals surface area contributed by atoms with Crippen LogP contribution < -0.4 is 15.4 Å². The summed E-state index contributed by atoms with van der Waals surface area (Å²) in [5.74, 6) is 0.220. The Labute approximate surface area is 141 Å². The smallest absolute Gasteiger partial charge is 0.262 e. The van der Waals surface area contributed by atoms with Gasteiger partial charge in [0.15, 0.2) is 6.61 Å². The molecule has 0 saturated carbocycles. The summed E-state index contributed by atoms with van der Waals surface area (Å²) in [5.41, 5.74) is 2.30. The number of nitrogens with one attached hydrogen (secondary N) is 2. The van der Waals surface area contributed by atoms with E-state index in [-0.39, 0.29) is 24.5 Å². The average molecular weight is 324 g/mol. The van der Waals surface area contributed by atoms with Crippen molar-refractivity contribution >= 4 is 17.5 Å². The van der Waals surface area contributed by atoms with Crippen molar-refractivity contribution < 1.29 is 14.3 Å². The molecule has 0 fully saturated rings. The lowest BCUT2D eigenvalue weighted by Gasteiger charge is -2.19. The highest BCUT2D eigenvalue weighted by Crippen LogP contribution is 2.28. The molecule has 1 aliphatic heterocycles. The van der Waals surface area contributed by atoms with Gasteiger partial charge in [-0.3, -0.25) is 9.59 Å². The molecule has 2 amide bonds. The average Bonchev–Trinajstić information content (AvgIpc) is 2.60. The minimum absolute atomic E-state index is 0.00899. The molecule has 0 bridgehead atoms. The van der Waals surface area contributed by atoms with Crippen LogP contribution in [0, 0.1) is 0 Å². The van der Waals surface area contributed by atoms with Gasteiger partial charge in [-0.05, 0) is 43.5 Å². The second kappa shape index (κ2) is 7.17. The summed E-state index contributed by atoms with van der Waals surface area (Å²) in [6.07, 6.45) is 1.77. The van der Waals surface area contributed by atoms with Gasteiger partial charge in [0.05, 0.1) is 5.69 Å². The van der Waals surface area contributed by atoms with E-state index in [0.29, 0.717) is 17.0 Å². The third kappa shape index (κ3) is 3.93. The number of fused-ring (bicyclic) bond motifs is 1. The molecule has 0 radical (unpaired) electrons. The van der Waals surface area contributed by atoms with Crippen molar-refractivity contribution in [2.45, 2.75) is 25.8 Å². The first kappa shape index (κ1) is 16.1. The summed E-state index contributed by atoms with van der Waals surface area (Å²) in [4.78, 5) is 23.7. The molecule has 1 atom stereocenters. The van der Waals surface area contributed by atoms with Gasteiger partial charge in [-0.25, -0.2) is 0 Å². The van der Waals surface area contributed by atoms with Crippen LogP contribution in [0.1, 0.15) is 29.3 Å². The molecule has 5 nitrogen and oxygen atoms in total. The van der Waals surface area contributed by atoms with Gasteiger partial charge in [-0.1, -0.05) is 30.3 Å². The molecule has 0 aliphatic carbocycles. The largest absolute Gasteiger partial charge is 0.482 e. The van der Waals surface area contributed by atoms with Crippen molar-refractivity contribution in [2.24, 2.45) is 0 Å². The maximum absolute atomic E-state index is 12.4. The van der Waals surface area contributed by atoms with Crippen LogP contribution in [0.5, 0.6) is 5.75 Å². The molecule has 0 saturated heterocycles. The van der Waals surface area contributed by atoms with Crippen molar-refractivity contribution in [3.63, 3.8) is 0 Å². The van der Waals surface area contributed by atoms with Crippen molar-refractivity contribution in [2.75, 3.05) is 11.9 Å². The van der Waals surface area contributed by atoms with Gasteiger partial charge in [-0.15, -0.1) is 0 Å². The Balaban J connectivity index is 1.58. The molecule has 1 aliphatic rings. The Morgan fingerprint density at radius 3 is 2.83 bits per heavy atom. The second-order valence-corrected chi connectivity index (χ2v) is 5.95. The fourth-order valence-corrected chi connectivity index (χ4v) is 2.63. The fraction of sp³-hybridized carbons (Fsp3) is 0.263. The van der Waals surface area contributed by atoms with Gasteiger partial charge in [0.2, 0.25) is 0 Å². The zero-order valence-electron chi connectivity index (χ0n) is 13.5. The summed E-state index contributed by atoms with van der Waals surface area (Å²) in [7, 11) is 0. The first-order chi connectivity index (χ1) is 11.6. The molecular formula is C19H20N2O3. The molecule has 0 spiro atoms. The predicted octanol–water partition coefficient (Wildman–Crippen LogP) is 2.77. The van der Waals surface area contributed by atoms with Crippen molar-refractivity contribution in [1.29, 1.82) is 0 Å². The standard InChI is InChI=1S/C19H20N2O3/c1-13(7-8-14-5-3-2-4-6-14)20-19(23)15-9-10-17-16(11-15)21-18(22)12-24-17/h2-6,9-11,13H,7-8,12H2,1H3,(H,20,23)(H,21,22)/t13-/m1/s1. The van der Waals surface area contributed by atoms with E-state index >= 15 is 0 Å². The van der Waals surface area contributed by atoms with E-state index < -0.39 is 0 Å². The SMILES string of the molecule is C[C@H](CCc1ccccc1)NC(=O)c1ccc2c(c1)NC(=O)CO2. The van der Waals surface area contributed by atoms with Crippen LogP contribution >= 0.6 is 0 Å². The van der Waals surface area contributed by atoms with E-state index in [1.165, 1.54) is 5.56 Å². The van der Waals surface area contributed by atoms with E-state index in [1.807, 2.05) is 25.1 Å². The monoisotopic (exact) mass is 324 g/mol. The lowest BCUT2D eigenvalue weighted by Crippen LogP contribution is -2.33. The van der Waals surface area contributed by atoms with Gasteiger partial charge in [0.25, 0.3) is 11.8 Å². The molecule has 1 heterocycles. The number of aryl methyl sites for hydroxylation is 1. The number of amides is 2. The van der Waals surface area contributed by atoms with Crippen molar-refractivity contribution in [1.82, 2.24) is 5.32 Å². The summed E-state index contributed by atoms with van der Waals surface area (Å²) < 4.78 is 5.30. The second-order valence-electron chi connectivity index (χ2n) is 5.95. The van der Waals surface area contributed by atoms with Crippen LogP contribution in [0.3, 0.4) is 0 Å². The Hall–Kier alpha value is -2.82. The molecule has 2 aromatic carbocycles. The molecule has 124 valence electrons. The Kier molecular flexibility index (Phi) is 4.79. The number of benzene rings is 2. The van der Waals surface area contributed by atoms with Crippen LogP contribution in [0.15, 0.2) is 48.5 Å². The lowest BCUT2D eigenvalue weighted by atomic mass is 10.1. The number of carbonyl (C=O) groups excluding carboxylic acids is 2. The minimum atomic E-state index is -0.212. The highest BCUT2D eigenvalue weighted by atomic mass is 16.5. The molecule has 0 unspecified atom stereocenters. The number of ether oxygens (including phenoxy) is 1. The first-order valence-electron chi connectivity index (χ1n) is 8.03. The fourth-order valence-electron chi connectivity index (χ4n) is 2.63. The van der Waals surface area contributed by atoms with Gasteiger partial charge in [0, 0.05) is 11.6 Å². The van der Waals surface area contributed by atoms with Crippen LogP contribution in [-0.4, -0.2) is 24.5 Å². The zero-order valence-corrected chi connectivity index (χ0v) is 13.5. The number of carbonyl (C=O) groups is 2. The summed E-state index contributed by atoms with van der Waals surface area (Å²) in [6, 6.07) is 15.3. The van der Waals surface area contributed by atoms with E-state index in [1.54, 1.807) is 18.2 Å².